The molecule has 2 aromatic heterocycles. The third kappa shape index (κ3) is 2.49. The molecule has 1 aliphatic heterocycles. The van der Waals surface area contributed by atoms with Crippen molar-refractivity contribution >= 4 is 27.8 Å². The average Bonchev–Trinajstić information content (AvgIpc) is 3.31. The van der Waals surface area contributed by atoms with Gasteiger partial charge in [-0.05, 0) is 37.3 Å². The zero-order valence-corrected chi connectivity index (χ0v) is 14.6. The molecule has 0 spiro atoms. The van der Waals surface area contributed by atoms with E-state index in [0.29, 0.717) is 23.8 Å². The van der Waals surface area contributed by atoms with Crippen LogP contribution in [0.1, 0.15) is 17.4 Å². The average molecular weight is 360 g/mol. The predicted molar refractivity (Wildman–Crippen MR) is 101 cm³/mol. The zero-order valence-electron chi connectivity index (χ0n) is 14.6. The second kappa shape index (κ2) is 6.02. The summed E-state index contributed by atoms with van der Waals surface area (Å²) < 4.78 is 16.1. The fraction of sp³-hybridized carbons (Fsp3) is 0.143. The predicted octanol–water partition coefficient (Wildman–Crippen LogP) is 4.29. The first kappa shape index (κ1) is 15.7. The van der Waals surface area contributed by atoms with Crippen molar-refractivity contribution in [2.24, 2.45) is 0 Å². The Labute approximate surface area is 154 Å². The van der Waals surface area contributed by atoms with Gasteiger partial charge in [0.1, 0.15) is 5.69 Å². The van der Waals surface area contributed by atoms with Crippen LogP contribution in [-0.2, 0) is 4.74 Å². The molecule has 1 aliphatic rings. The quantitative estimate of drug-likeness (QED) is 0.552. The van der Waals surface area contributed by atoms with E-state index in [-0.39, 0.29) is 12.5 Å². The van der Waals surface area contributed by atoms with Crippen molar-refractivity contribution in [2.45, 2.75) is 6.92 Å². The number of benzene rings is 2. The molecule has 27 heavy (non-hydrogen) atoms. The van der Waals surface area contributed by atoms with Gasteiger partial charge in [0.25, 0.3) is 0 Å². The first-order valence-electron chi connectivity index (χ1n) is 8.73. The number of ether oxygens (including phenoxy) is 3. The molecule has 0 unspecified atom stereocenters. The van der Waals surface area contributed by atoms with Crippen molar-refractivity contribution in [3.63, 3.8) is 0 Å². The summed E-state index contributed by atoms with van der Waals surface area (Å²) in [5.41, 5.74) is 3.63. The van der Waals surface area contributed by atoms with Crippen LogP contribution in [0.5, 0.6) is 11.5 Å². The number of nitrogens with zero attached hydrogens (tertiary/aromatic N) is 1. The SMILES string of the molecule is CCOC(=O)c1cc2c([nH]c3ccccc32)c(-c2ccc3c(c2)OCO3)n1. The molecule has 0 bridgehead atoms. The first-order chi connectivity index (χ1) is 13.2. The van der Waals surface area contributed by atoms with Crippen molar-refractivity contribution in [3.8, 4) is 22.8 Å². The molecule has 3 heterocycles. The van der Waals surface area contributed by atoms with Gasteiger partial charge in [-0.3, -0.25) is 0 Å². The third-order valence-electron chi connectivity index (χ3n) is 4.63. The van der Waals surface area contributed by atoms with Gasteiger partial charge in [0.2, 0.25) is 6.79 Å². The summed E-state index contributed by atoms with van der Waals surface area (Å²) in [5.74, 6) is 0.931. The smallest absolute Gasteiger partial charge is 0.356 e. The number of aromatic amines is 1. The third-order valence-corrected chi connectivity index (χ3v) is 4.63. The second-order valence-electron chi connectivity index (χ2n) is 6.24. The second-order valence-corrected chi connectivity index (χ2v) is 6.24. The van der Waals surface area contributed by atoms with Gasteiger partial charge in [-0.1, -0.05) is 18.2 Å². The molecule has 1 N–H and O–H groups in total. The van der Waals surface area contributed by atoms with Crippen molar-refractivity contribution < 1.29 is 19.0 Å². The van der Waals surface area contributed by atoms with Gasteiger partial charge in [0.05, 0.1) is 17.8 Å². The summed E-state index contributed by atoms with van der Waals surface area (Å²) in [7, 11) is 0. The largest absolute Gasteiger partial charge is 0.461 e. The lowest BCUT2D eigenvalue weighted by Crippen LogP contribution is -2.07. The molecule has 134 valence electrons. The number of hydrogen-bond acceptors (Lipinski definition) is 5. The molecule has 0 radical (unpaired) electrons. The van der Waals surface area contributed by atoms with E-state index in [1.54, 1.807) is 13.0 Å². The molecule has 2 aromatic carbocycles. The van der Waals surface area contributed by atoms with E-state index in [2.05, 4.69) is 9.97 Å². The molecule has 5 rings (SSSR count). The van der Waals surface area contributed by atoms with E-state index < -0.39 is 5.97 Å². The fourth-order valence-corrected chi connectivity index (χ4v) is 3.41. The maximum Gasteiger partial charge on any atom is 0.356 e. The number of aromatic nitrogens is 2. The van der Waals surface area contributed by atoms with Gasteiger partial charge in [0, 0.05) is 21.9 Å². The molecule has 0 fully saturated rings. The molecule has 0 aliphatic carbocycles. The lowest BCUT2D eigenvalue weighted by atomic mass is 10.1. The van der Waals surface area contributed by atoms with E-state index in [4.69, 9.17) is 14.2 Å². The van der Waals surface area contributed by atoms with Crippen LogP contribution in [0.25, 0.3) is 33.1 Å². The molecule has 4 aromatic rings. The minimum atomic E-state index is -0.438. The first-order valence-corrected chi connectivity index (χ1v) is 8.73. The van der Waals surface area contributed by atoms with Crippen LogP contribution in [0.4, 0.5) is 0 Å². The monoisotopic (exact) mass is 360 g/mol. The van der Waals surface area contributed by atoms with Crippen LogP contribution in [0, 0.1) is 0 Å². The van der Waals surface area contributed by atoms with Gasteiger partial charge in [-0.15, -0.1) is 0 Å². The van der Waals surface area contributed by atoms with E-state index in [0.717, 1.165) is 27.4 Å². The summed E-state index contributed by atoms with van der Waals surface area (Å²) in [6.07, 6.45) is 0. The van der Waals surface area contributed by atoms with Crippen molar-refractivity contribution in [3.05, 3.63) is 54.2 Å². The number of carbonyl (C=O) groups excluding carboxylic acids is 1. The van der Waals surface area contributed by atoms with Gasteiger partial charge < -0.3 is 19.2 Å². The number of hydrogen-bond donors (Lipinski definition) is 1. The van der Waals surface area contributed by atoms with Gasteiger partial charge >= 0.3 is 5.97 Å². The van der Waals surface area contributed by atoms with Crippen LogP contribution < -0.4 is 9.47 Å². The molecule has 6 nitrogen and oxygen atoms in total. The highest BCUT2D eigenvalue weighted by Crippen LogP contribution is 2.38. The number of esters is 1. The Morgan fingerprint density at radius 3 is 2.85 bits per heavy atom. The van der Waals surface area contributed by atoms with Crippen LogP contribution in [0.3, 0.4) is 0 Å². The summed E-state index contributed by atoms with van der Waals surface area (Å²) in [6, 6.07) is 15.4. The molecular weight excluding hydrogens is 344 g/mol. The Morgan fingerprint density at radius 1 is 1.11 bits per heavy atom. The topological polar surface area (TPSA) is 73.4 Å². The number of rotatable bonds is 3. The number of fused-ring (bicyclic) bond motifs is 4. The minimum Gasteiger partial charge on any atom is -0.461 e. The summed E-state index contributed by atoms with van der Waals surface area (Å²) in [6.45, 7) is 2.28. The number of para-hydroxylation sites is 1. The van der Waals surface area contributed by atoms with E-state index in [9.17, 15) is 4.79 Å². The Kier molecular flexibility index (Phi) is 3.50. The van der Waals surface area contributed by atoms with Gasteiger partial charge in [0.15, 0.2) is 11.5 Å². The van der Waals surface area contributed by atoms with Crippen molar-refractivity contribution in [1.29, 1.82) is 0 Å². The van der Waals surface area contributed by atoms with Crippen LogP contribution >= 0.6 is 0 Å². The fourth-order valence-electron chi connectivity index (χ4n) is 3.41. The van der Waals surface area contributed by atoms with Crippen LogP contribution in [0.15, 0.2) is 48.5 Å². The lowest BCUT2D eigenvalue weighted by molar-refractivity contribution is 0.0520. The highest BCUT2D eigenvalue weighted by molar-refractivity contribution is 6.12. The highest BCUT2D eigenvalue weighted by atomic mass is 16.7. The van der Waals surface area contributed by atoms with Gasteiger partial charge in [-0.2, -0.15) is 0 Å². The Balaban J connectivity index is 1.80. The van der Waals surface area contributed by atoms with E-state index >= 15 is 0 Å². The maximum absolute atomic E-state index is 12.4. The van der Waals surface area contributed by atoms with Crippen molar-refractivity contribution in [2.75, 3.05) is 13.4 Å². The Morgan fingerprint density at radius 2 is 1.96 bits per heavy atom. The summed E-state index contributed by atoms with van der Waals surface area (Å²) in [5, 5.41) is 1.96. The van der Waals surface area contributed by atoms with E-state index in [1.165, 1.54) is 0 Å². The number of nitrogens with one attached hydrogen (secondary N) is 1. The summed E-state index contributed by atoms with van der Waals surface area (Å²) >= 11 is 0. The lowest BCUT2D eigenvalue weighted by Gasteiger charge is -2.08. The maximum atomic E-state index is 12.4. The molecule has 0 saturated carbocycles. The summed E-state index contributed by atoms with van der Waals surface area (Å²) in [4.78, 5) is 20.4. The minimum absolute atomic E-state index is 0.205. The molecule has 0 saturated heterocycles. The molecular formula is C21H16N2O4. The Hall–Kier alpha value is -3.54. The number of carbonyl (C=O) groups is 1. The van der Waals surface area contributed by atoms with Gasteiger partial charge in [-0.25, -0.2) is 9.78 Å². The van der Waals surface area contributed by atoms with E-state index in [1.807, 2.05) is 42.5 Å². The molecule has 6 heteroatoms. The van der Waals surface area contributed by atoms with Crippen molar-refractivity contribution in [1.82, 2.24) is 9.97 Å². The number of H-pyrrole nitrogens is 1. The Bertz CT molecular complexity index is 1200. The highest BCUT2D eigenvalue weighted by Gasteiger charge is 2.20. The molecule has 0 amide bonds. The standard InChI is InChI=1S/C21H16N2O4/c1-2-25-21(24)16-10-14-13-5-3-4-6-15(13)22-20(14)19(23-16)12-7-8-17-18(9-12)27-11-26-17/h3-10,22H,2,11H2,1H3. The normalized spacial score (nSPS) is 12.6. The number of pyridine rings is 1. The van der Waals surface area contributed by atoms with Crippen LogP contribution in [0.2, 0.25) is 0 Å². The molecule has 0 atom stereocenters. The zero-order chi connectivity index (χ0) is 18.4. The van der Waals surface area contributed by atoms with Crippen LogP contribution in [-0.4, -0.2) is 29.3 Å².